The van der Waals surface area contributed by atoms with Crippen LogP contribution in [-0.2, 0) is 22.5 Å². The SMILES string of the molecule is CCc1cccc(COC2CCOC2)n1. The summed E-state index contributed by atoms with van der Waals surface area (Å²) in [6.45, 7) is 4.26. The lowest BCUT2D eigenvalue weighted by atomic mass is 10.2. The first kappa shape index (κ1) is 10.6. The Hall–Kier alpha value is -0.930. The van der Waals surface area contributed by atoms with Crippen LogP contribution in [0.25, 0.3) is 0 Å². The second-order valence-electron chi connectivity index (χ2n) is 3.77. The fraction of sp³-hybridized carbons (Fsp3) is 0.583. The molecule has 1 aromatic heterocycles. The van der Waals surface area contributed by atoms with Gasteiger partial charge in [-0.1, -0.05) is 13.0 Å². The Morgan fingerprint density at radius 3 is 3.07 bits per heavy atom. The van der Waals surface area contributed by atoms with E-state index in [1.807, 2.05) is 18.2 Å². The van der Waals surface area contributed by atoms with Crippen LogP contribution in [0.3, 0.4) is 0 Å². The van der Waals surface area contributed by atoms with Crippen molar-refractivity contribution in [2.45, 2.75) is 32.5 Å². The monoisotopic (exact) mass is 207 g/mol. The molecule has 3 heteroatoms. The van der Waals surface area contributed by atoms with E-state index in [9.17, 15) is 0 Å². The molecule has 0 amide bonds. The Bertz CT molecular complexity index is 308. The maximum absolute atomic E-state index is 5.70. The first-order chi connectivity index (χ1) is 7.38. The summed E-state index contributed by atoms with van der Waals surface area (Å²) in [6, 6.07) is 6.09. The number of ether oxygens (including phenoxy) is 2. The average molecular weight is 207 g/mol. The molecular weight excluding hydrogens is 190 g/mol. The third-order valence-electron chi connectivity index (χ3n) is 2.58. The van der Waals surface area contributed by atoms with Crippen LogP contribution >= 0.6 is 0 Å². The van der Waals surface area contributed by atoms with Crippen molar-refractivity contribution >= 4 is 0 Å². The van der Waals surface area contributed by atoms with E-state index >= 15 is 0 Å². The molecule has 82 valence electrons. The Morgan fingerprint density at radius 2 is 2.33 bits per heavy atom. The minimum Gasteiger partial charge on any atom is -0.379 e. The minimum absolute atomic E-state index is 0.261. The average Bonchev–Trinajstić information content (AvgIpc) is 2.79. The van der Waals surface area contributed by atoms with E-state index in [-0.39, 0.29) is 6.10 Å². The fourth-order valence-electron chi connectivity index (χ4n) is 1.65. The van der Waals surface area contributed by atoms with E-state index in [0.717, 1.165) is 37.4 Å². The summed E-state index contributed by atoms with van der Waals surface area (Å²) in [5, 5.41) is 0. The van der Waals surface area contributed by atoms with E-state index in [1.165, 1.54) is 0 Å². The van der Waals surface area contributed by atoms with Crippen molar-refractivity contribution in [3.8, 4) is 0 Å². The Balaban J connectivity index is 1.86. The predicted molar refractivity (Wildman–Crippen MR) is 57.6 cm³/mol. The highest BCUT2D eigenvalue weighted by Crippen LogP contribution is 2.10. The van der Waals surface area contributed by atoms with Gasteiger partial charge in [-0.15, -0.1) is 0 Å². The Morgan fingerprint density at radius 1 is 1.47 bits per heavy atom. The molecule has 0 N–H and O–H groups in total. The normalized spacial score (nSPS) is 20.7. The number of aromatic nitrogens is 1. The molecule has 1 aliphatic rings. The van der Waals surface area contributed by atoms with Crippen molar-refractivity contribution in [1.29, 1.82) is 0 Å². The van der Waals surface area contributed by atoms with Crippen LogP contribution in [0, 0.1) is 0 Å². The molecular formula is C12H17NO2. The van der Waals surface area contributed by atoms with E-state index in [4.69, 9.17) is 9.47 Å². The van der Waals surface area contributed by atoms with Gasteiger partial charge in [-0.25, -0.2) is 0 Å². The summed E-state index contributed by atoms with van der Waals surface area (Å²) >= 11 is 0. The topological polar surface area (TPSA) is 31.4 Å². The first-order valence-electron chi connectivity index (χ1n) is 5.52. The highest BCUT2D eigenvalue weighted by molar-refractivity contribution is 5.10. The zero-order valence-electron chi connectivity index (χ0n) is 9.11. The third-order valence-corrected chi connectivity index (χ3v) is 2.58. The predicted octanol–water partition coefficient (Wildman–Crippen LogP) is 1.95. The molecule has 0 aromatic carbocycles. The number of rotatable bonds is 4. The van der Waals surface area contributed by atoms with Crippen LogP contribution in [-0.4, -0.2) is 24.3 Å². The minimum atomic E-state index is 0.261. The highest BCUT2D eigenvalue weighted by Gasteiger charge is 2.15. The van der Waals surface area contributed by atoms with Crippen LogP contribution in [0.4, 0.5) is 0 Å². The number of pyridine rings is 1. The molecule has 1 saturated heterocycles. The lowest BCUT2D eigenvalue weighted by Crippen LogP contribution is -2.12. The molecule has 0 bridgehead atoms. The second kappa shape index (κ2) is 5.24. The van der Waals surface area contributed by atoms with Crippen LogP contribution in [0.2, 0.25) is 0 Å². The molecule has 15 heavy (non-hydrogen) atoms. The molecule has 0 aliphatic carbocycles. The summed E-state index contributed by atoms with van der Waals surface area (Å²) < 4.78 is 10.9. The fourth-order valence-corrected chi connectivity index (χ4v) is 1.65. The maximum atomic E-state index is 5.70. The molecule has 1 atom stereocenters. The van der Waals surface area contributed by atoms with Crippen LogP contribution in [0.1, 0.15) is 24.7 Å². The summed E-state index contributed by atoms with van der Waals surface area (Å²) in [5.74, 6) is 0. The molecule has 2 rings (SSSR count). The van der Waals surface area contributed by atoms with E-state index in [1.54, 1.807) is 0 Å². The third kappa shape index (κ3) is 3.01. The highest BCUT2D eigenvalue weighted by atomic mass is 16.5. The summed E-state index contributed by atoms with van der Waals surface area (Å²) in [4.78, 5) is 4.49. The van der Waals surface area contributed by atoms with Gasteiger partial charge in [0.05, 0.1) is 25.0 Å². The van der Waals surface area contributed by atoms with Crippen molar-refractivity contribution < 1.29 is 9.47 Å². The van der Waals surface area contributed by atoms with E-state index in [2.05, 4.69) is 11.9 Å². The first-order valence-corrected chi connectivity index (χ1v) is 5.52. The smallest absolute Gasteiger partial charge is 0.0892 e. The van der Waals surface area contributed by atoms with Gasteiger partial charge < -0.3 is 9.47 Å². The van der Waals surface area contributed by atoms with Crippen LogP contribution in [0.5, 0.6) is 0 Å². The number of hydrogen-bond acceptors (Lipinski definition) is 3. The van der Waals surface area contributed by atoms with Gasteiger partial charge in [0.25, 0.3) is 0 Å². The zero-order chi connectivity index (χ0) is 10.5. The van der Waals surface area contributed by atoms with Crippen molar-refractivity contribution in [3.63, 3.8) is 0 Å². The molecule has 3 nitrogen and oxygen atoms in total. The number of nitrogens with zero attached hydrogens (tertiary/aromatic N) is 1. The van der Waals surface area contributed by atoms with Crippen LogP contribution < -0.4 is 0 Å². The van der Waals surface area contributed by atoms with Gasteiger partial charge in [0.1, 0.15) is 0 Å². The van der Waals surface area contributed by atoms with Crippen molar-refractivity contribution in [3.05, 3.63) is 29.6 Å². The van der Waals surface area contributed by atoms with Crippen molar-refractivity contribution in [2.24, 2.45) is 0 Å². The lowest BCUT2D eigenvalue weighted by Gasteiger charge is -2.09. The molecule has 0 radical (unpaired) electrons. The second-order valence-corrected chi connectivity index (χ2v) is 3.77. The van der Waals surface area contributed by atoms with E-state index < -0.39 is 0 Å². The van der Waals surface area contributed by atoms with Crippen molar-refractivity contribution in [1.82, 2.24) is 4.98 Å². The van der Waals surface area contributed by atoms with Crippen LogP contribution in [0.15, 0.2) is 18.2 Å². The lowest BCUT2D eigenvalue weighted by molar-refractivity contribution is 0.0301. The Kier molecular flexibility index (Phi) is 3.69. The van der Waals surface area contributed by atoms with Gasteiger partial charge in [0.2, 0.25) is 0 Å². The van der Waals surface area contributed by atoms with Gasteiger partial charge in [-0.3, -0.25) is 4.98 Å². The molecule has 2 heterocycles. The number of hydrogen-bond donors (Lipinski definition) is 0. The van der Waals surface area contributed by atoms with Crippen molar-refractivity contribution in [2.75, 3.05) is 13.2 Å². The molecule has 1 fully saturated rings. The maximum Gasteiger partial charge on any atom is 0.0892 e. The molecule has 0 saturated carbocycles. The number of aryl methyl sites for hydroxylation is 1. The summed E-state index contributed by atoms with van der Waals surface area (Å²) in [7, 11) is 0. The zero-order valence-corrected chi connectivity index (χ0v) is 9.11. The summed E-state index contributed by atoms with van der Waals surface area (Å²) in [5.41, 5.74) is 2.14. The van der Waals surface area contributed by atoms with Gasteiger partial charge >= 0.3 is 0 Å². The molecule has 1 aromatic rings. The quantitative estimate of drug-likeness (QED) is 0.756. The standard InChI is InChI=1S/C12H17NO2/c1-2-10-4-3-5-11(13-10)8-15-12-6-7-14-9-12/h3-5,12H,2,6-9H2,1H3. The molecule has 1 unspecified atom stereocenters. The summed E-state index contributed by atoms with van der Waals surface area (Å²) in [6.07, 6.45) is 2.24. The van der Waals surface area contributed by atoms with Gasteiger partial charge in [-0.2, -0.15) is 0 Å². The molecule has 1 aliphatic heterocycles. The largest absolute Gasteiger partial charge is 0.379 e. The Labute approximate surface area is 90.4 Å². The van der Waals surface area contributed by atoms with Gasteiger partial charge in [0.15, 0.2) is 0 Å². The van der Waals surface area contributed by atoms with E-state index in [0.29, 0.717) is 6.61 Å². The van der Waals surface area contributed by atoms with Gasteiger partial charge in [0, 0.05) is 12.3 Å². The van der Waals surface area contributed by atoms with Gasteiger partial charge in [-0.05, 0) is 25.0 Å². The molecule has 0 spiro atoms.